The molecule has 0 radical (unpaired) electrons. The first-order chi connectivity index (χ1) is 14.3. The first-order valence-electron chi connectivity index (χ1n) is 13.0. The summed E-state index contributed by atoms with van der Waals surface area (Å²) >= 11 is 0. The van der Waals surface area contributed by atoms with Gasteiger partial charge in [0, 0.05) is 11.8 Å². The lowest BCUT2D eigenvalue weighted by Gasteiger charge is -2.30. The highest BCUT2D eigenvalue weighted by Gasteiger charge is 2.41. The van der Waals surface area contributed by atoms with Crippen LogP contribution in [0.1, 0.15) is 117 Å². The second-order valence-electron chi connectivity index (χ2n) is 10.5. The number of rotatable bonds is 19. The van der Waals surface area contributed by atoms with E-state index in [0.717, 1.165) is 24.1 Å². The minimum Gasteiger partial charge on any atom is -0.326 e. The average Bonchev–Trinajstić information content (AvgIpc) is 2.93. The Balaban J connectivity index is 1.91. The fraction of sp³-hybridized carbons (Fsp3) is 1.00. The van der Waals surface area contributed by atoms with E-state index in [1.807, 2.05) is 0 Å². The van der Waals surface area contributed by atoms with E-state index in [9.17, 15) is 8.42 Å². The molecule has 1 rings (SSSR count). The molecule has 1 heterocycles. The Morgan fingerprint density at radius 2 is 1.13 bits per heavy atom. The maximum Gasteiger partial charge on any atom is 0.265 e. The number of quaternary nitrogens is 1. The molecule has 0 aromatic heterocycles. The Kier molecular flexibility index (Phi) is 14.5. The van der Waals surface area contributed by atoms with Crippen LogP contribution >= 0.6 is 0 Å². The predicted octanol–water partition coefficient (Wildman–Crippen LogP) is 6.85. The normalized spacial score (nSPS) is 24.5. The van der Waals surface area contributed by atoms with Gasteiger partial charge in [0.25, 0.3) is 10.1 Å². The molecule has 4 nitrogen and oxygen atoms in total. The molecule has 3 unspecified atom stereocenters. The van der Waals surface area contributed by atoms with Crippen molar-refractivity contribution in [3.63, 3.8) is 0 Å². The largest absolute Gasteiger partial charge is 0.326 e. The van der Waals surface area contributed by atoms with Crippen LogP contribution in [0.5, 0.6) is 0 Å². The van der Waals surface area contributed by atoms with Crippen molar-refractivity contribution in [2.75, 3.05) is 32.4 Å². The molecule has 0 amide bonds. The van der Waals surface area contributed by atoms with Crippen molar-refractivity contribution in [1.82, 2.24) is 0 Å². The van der Waals surface area contributed by atoms with Crippen LogP contribution in [0.25, 0.3) is 0 Å². The van der Waals surface area contributed by atoms with Gasteiger partial charge in [-0.15, -0.1) is 0 Å². The number of likely N-dealkylation sites (tertiary alicyclic amines) is 1. The predicted molar refractivity (Wildman–Crippen MR) is 129 cm³/mol. The van der Waals surface area contributed by atoms with Crippen molar-refractivity contribution in [3.05, 3.63) is 0 Å². The summed E-state index contributed by atoms with van der Waals surface area (Å²) in [6.07, 6.45) is 22.2. The van der Waals surface area contributed by atoms with Crippen molar-refractivity contribution < 1.29 is 17.5 Å². The van der Waals surface area contributed by atoms with E-state index >= 15 is 0 Å². The van der Waals surface area contributed by atoms with E-state index in [-0.39, 0.29) is 11.7 Å². The van der Waals surface area contributed by atoms with Crippen LogP contribution in [0.2, 0.25) is 0 Å². The van der Waals surface area contributed by atoms with E-state index in [0.29, 0.717) is 5.92 Å². The highest BCUT2D eigenvalue weighted by molar-refractivity contribution is 7.85. The fourth-order valence-electron chi connectivity index (χ4n) is 5.38. The van der Waals surface area contributed by atoms with E-state index < -0.39 is 10.1 Å². The van der Waals surface area contributed by atoms with Crippen molar-refractivity contribution in [1.29, 1.82) is 0 Å². The SMILES string of the molecule is CCCCCCCCCCCCCCCCCC[N+]1(C)CC(C)C(CS(=O)(=O)O)C1. The molecule has 5 heteroatoms. The van der Waals surface area contributed by atoms with Gasteiger partial charge in [0.05, 0.1) is 32.4 Å². The summed E-state index contributed by atoms with van der Waals surface area (Å²) in [7, 11) is -1.60. The van der Waals surface area contributed by atoms with Gasteiger partial charge in [-0.1, -0.05) is 104 Å². The van der Waals surface area contributed by atoms with Crippen LogP contribution in [-0.4, -0.2) is 49.9 Å². The second kappa shape index (κ2) is 15.6. The second-order valence-corrected chi connectivity index (χ2v) is 12.0. The maximum atomic E-state index is 11.2. The minimum absolute atomic E-state index is 0.0685. The first kappa shape index (κ1) is 27.9. The molecule has 1 saturated heterocycles. The Hall–Kier alpha value is -0.130. The highest BCUT2D eigenvalue weighted by Crippen LogP contribution is 2.29. The van der Waals surface area contributed by atoms with Crippen LogP contribution in [0.3, 0.4) is 0 Å². The van der Waals surface area contributed by atoms with Crippen LogP contribution < -0.4 is 0 Å². The minimum atomic E-state index is -3.85. The zero-order chi connectivity index (χ0) is 22.3. The van der Waals surface area contributed by atoms with Gasteiger partial charge in [-0.25, -0.2) is 0 Å². The third-order valence-electron chi connectivity index (χ3n) is 7.18. The zero-order valence-corrected chi connectivity index (χ0v) is 21.2. The first-order valence-corrected chi connectivity index (χ1v) is 14.7. The summed E-state index contributed by atoms with van der Waals surface area (Å²) in [5, 5.41) is 0. The molecule has 3 atom stereocenters. The number of unbranched alkanes of at least 4 members (excludes halogenated alkanes) is 15. The van der Waals surface area contributed by atoms with Gasteiger partial charge in [-0.2, -0.15) is 8.42 Å². The summed E-state index contributed by atoms with van der Waals surface area (Å²) in [5.74, 6) is 0.407. The van der Waals surface area contributed by atoms with Gasteiger partial charge in [0.15, 0.2) is 0 Å². The van der Waals surface area contributed by atoms with Gasteiger partial charge in [-0.3, -0.25) is 4.55 Å². The van der Waals surface area contributed by atoms with Gasteiger partial charge < -0.3 is 4.48 Å². The molecule has 0 aromatic carbocycles. The van der Waals surface area contributed by atoms with Gasteiger partial charge >= 0.3 is 0 Å². The van der Waals surface area contributed by atoms with Crippen LogP contribution in [0, 0.1) is 11.8 Å². The molecule has 30 heavy (non-hydrogen) atoms. The van der Waals surface area contributed by atoms with E-state index in [1.165, 1.54) is 103 Å². The number of hydrogen-bond acceptors (Lipinski definition) is 2. The quantitative estimate of drug-likeness (QED) is 0.134. The Labute approximate surface area is 188 Å². The smallest absolute Gasteiger partial charge is 0.265 e. The number of hydrogen-bond donors (Lipinski definition) is 1. The van der Waals surface area contributed by atoms with E-state index in [1.54, 1.807) is 0 Å². The third kappa shape index (κ3) is 14.0. The summed E-state index contributed by atoms with van der Waals surface area (Å²) in [6.45, 7) is 7.49. The molecule has 0 bridgehead atoms. The zero-order valence-electron chi connectivity index (χ0n) is 20.4. The highest BCUT2D eigenvalue weighted by atomic mass is 32.2. The lowest BCUT2D eigenvalue weighted by molar-refractivity contribution is -0.900. The molecular formula is C25H52NO3S+. The molecule has 1 aliphatic heterocycles. The van der Waals surface area contributed by atoms with Gasteiger partial charge in [0.2, 0.25) is 0 Å². The Morgan fingerprint density at radius 1 is 0.733 bits per heavy atom. The molecule has 1 N–H and O–H groups in total. The van der Waals surface area contributed by atoms with Crippen LogP contribution in [0.15, 0.2) is 0 Å². The van der Waals surface area contributed by atoms with E-state index in [2.05, 4.69) is 20.9 Å². The Morgan fingerprint density at radius 3 is 1.53 bits per heavy atom. The molecule has 1 fully saturated rings. The third-order valence-corrected chi connectivity index (χ3v) is 8.03. The van der Waals surface area contributed by atoms with Crippen molar-refractivity contribution >= 4 is 10.1 Å². The van der Waals surface area contributed by atoms with Gasteiger partial charge in [0.1, 0.15) is 0 Å². The maximum absolute atomic E-state index is 11.2. The molecular weight excluding hydrogens is 394 g/mol. The lowest BCUT2D eigenvalue weighted by Crippen LogP contribution is -2.43. The summed E-state index contributed by atoms with van der Waals surface area (Å²) in [6, 6.07) is 0. The topological polar surface area (TPSA) is 54.4 Å². The number of nitrogens with zero attached hydrogens (tertiary/aromatic N) is 1. The summed E-state index contributed by atoms with van der Waals surface area (Å²) in [5.41, 5.74) is 0. The van der Waals surface area contributed by atoms with Crippen molar-refractivity contribution in [3.8, 4) is 0 Å². The molecule has 0 saturated carbocycles. The standard InChI is InChI=1S/C25H51NO3S/c1-4-5-6-7-8-9-10-11-12-13-14-15-16-17-18-19-20-26(3)21-24(2)25(22-26)23-30(27,28)29/h24-25H,4-23H2,1-3H3/p+1. The van der Waals surface area contributed by atoms with Crippen molar-refractivity contribution in [2.45, 2.75) is 117 Å². The molecule has 1 aliphatic rings. The Bertz CT molecular complexity index is 522. The fourth-order valence-corrected chi connectivity index (χ4v) is 6.35. The average molecular weight is 447 g/mol. The monoisotopic (exact) mass is 446 g/mol. The van der Waals surface area contributed by atoms with E-state index in [4.69, 9.17) is 4.55 Å². The van der Waals surface area contributed by atoms with Gasteiger partial charge in [-0.05, 0) is 12.8 Å². The summed E-state index contributed by atoms with van der Waals surface area (Å²) in [4.78, 5) is 0. The molecule has 0 aliphatic carbocycles. The van der Waals surface area contributed by atoms with Crippen LogP contribution in [-0.2, 0) is 10.1 Å². The molecule has 180 valence electrons. The van der Waals surface area contributed by atoms with Crippen molar-refractivity contribution in [2.24, 2.45) is 11.8 Å². The molecule has 0 spiro atoms. The van der Waals surface area contributed by atoms with Crippen LogP contribution in [0.4, 0.5) is 0 Å². The lowest BCUT2D eigenvalue weighted by atomic mass is 10.0. The molecule has 0 aromatic rings. The summed E-state index contributed by atoms with van der Waals surface area (Å²) < 4.78 is 32.5.